The molecule has 15 rings (SSSR count). The van der Waals surface area contributed by atoms with Gasteiger partial charge in [-0.05, 0) is 159 Å². The third-order valence-electron chi connectivity index (χ3n) is 15.4. The van der Waals surface area contributed by atoms with Crippen LogP contribution in [-0.2, 0) is 0 Å². The molecule has 0 amide bonds. The normalized spacial score (nSPS) is 11.5. The van der Waals surface area contributed by atoms with E-state index in [1.54, 1.807) is 0 Å². The molecular formula is C74H49N5. The van der Waals surface area contributed by atoms with Crippen molar-refractivity contribution in [1.82, 2.24) is 14.5 Å². The summed E-state index contributed by atoms with van der Waals surface area (Å²) >= 11 is 0. The van der Waals surface area contributed by atoms with Crippen LogP contribution in [0.3, 0.4) is 0 Å². The van der Waals surface area contributed by atoms with Gasteiger partial charge in [0, 0.05) is 61.4 Å². The van der Waals surface area contributed by atoms with Crippen LogP contribution in [0.4, 0.5) is 34.1 Å². The molecule has 0 bridgehead atoms. The fraction of sp³-hybridized carbons (Fsp3) is 0. The van der Waals surface area contributed by atoms with Crippen molar-refractivity contribution in [2.75, 3.05) is 9.80 Å². The minimum Gasteiger partial charge on any atom is -0.310 e. The maximum atomic E-state index is 5.92. The molecule has 0 radical (unpaired) electrons. The van der Waals surface area contributed by atoms with E-state index in [2.05, 4.69) is 312 Å². The van der Waals surface area contributed by atoms with E-state index in [0.29, 0.717) is 0 Å². The first-order valence-electron chi connectivity index (χ1n) is 26.9. The minimum absolute atomic E-state index is 0.836. The zero-order valence-electron chi connectivity index (χ0n) is 43.0. The van der Waals surface area contributed by atoms with Gasteiger partial charge < -0.3 is 14.4 Å². The first kappa shape index (κ1) is 45.7. The van der Waals surface area contributed by atoms with Crippen molar-refractivity contribution in [1.29, 1.82) is 0 Å². The molecule has 5 nitrogen and oxygen atoms in total. The smallest absolute Gasteiger partial charge is 0.0995 e. The van der Waals surface area contributed by atoms with Crippen LogP contribution in [-0.4, -0.2) is 14.5 Å². The average molecular weight is 1010 g/mol. The lowest BCUT2D eigenvalue weighted by atomic mass is 9.97. The summed E-state index contributed by atoms with van der Waals surface area (Å²) in [7, 11) is 0. The Hall–Kier alpha value is -10.6. The Morgan fingerprint density at radius 3 is 1.10 bits per heavy atom. The second-order valence-electron chi connectivity index (χ2n) is 20.2. The second-order valence-corrected chi connectivity index (χ2v) is 20.2. The fourth-order valence-corrected chi connectivity index (χ4v) is 11.8. The zero-order valence-corrected chi connectivity index (χ0v) is 43.0. The Labute approximate surface area is 457 Å². The van der Waals surface area contributed by atoms with Crippen molar-refractivity contribution in [3.63, 3.8) is 0 Å². The van der Waals surface area contributed by atoms with Crippen molar-refractivity contribution in [2.24, 2.45) is 0 Å². The molecule has 0 aliphatic rings. The van der Waals surface area contributed by atoms with Gasteiger partial charge >= 0.3 is 0 Å². The molecule has 0 fully saturated rings. The first-order chi connectivity index (χ1) is 39.2. The van der Waals surface area contributed by atoms with Gasteiger partial charge in [-0.1, -0.05) is 182 Å². The van der Waals surface area contributed by atoms with Gasteiger partial charge in [-0.3, -0.25) is 0 Å². The van der Waals surface area contributed by atoms with E-state index in [4.69, 9.17) is 9.97 Å². The Kier molecular flexibility index (Phi) is 11.1. The van der Waals surface area contributed by atoms with Gasteiger partial charge in [-0.25, -0.2) is 9.97 Å². The molecule has 0 N–H and O–H groups in total. The average Bonchev–Trinajstić information content (AvgIpc) is 4.16. The standard InChI is InChI=1S/C74H49N5/c1-8-22-50(23-9-1)53-36-42-69-67(47-53)71-70(79(69)62-45-54(51-24-10-2-11-25-51)44-55(46-62)52-26-12-3-13-27-52)43-41-68-74(71)76-73-64-40-38-61(78(58-32-18-6-19-33-58)59-34-20-7-21-35-59)49-66(64)65-48-60(37-39-63(65)72(73)75-68)77(56-28-14-4-15-29-56)57-30-16-5-17-31-57/h1-49H. The highest BCUT2D eigenvalue weighted by molar-refractivity contribution is 6.27. The highest BCUT2D eigenvalue weighted by Gasteiger charge is 2.23. The van der Waals surface area contributed by atoms with Crippen LogP contribution in [0.1, 0.15) is 0 Å². The van der Waals surface area contributed by atoms with Crippen molar-refractivity contribution >= 4 is 99.5 Å². The number of benzene rings is 13. The third-order valence-corrected chi connectivity index (χ3v) is 15.4. The second kappa shape index (κ2) is 19.2. The lowest BCUT2D eigenvalue weighted by Crippen LogP contribution is -2.10. The van der Waals surface area contributed by atoms with Gasteiger partial charge in [-0.2, -0.15) is 0 Å². The monoisotopic (exact) mass is 1010 g/mol. The molecule has 0 atom stereocenters. The van der Waals surface area contributed by atoms with Gasteiger partial charge in [0.05, 0.1) is 33.1 Å². The van der Waals surface area contributed by atoms with Crippen LogP contribution < -0.4 is 9.80 Å². The molecule has 2 heterocycles. The predicted molar refractivity (Wildman–Crippen MR) is 332 cm³/mol. The Bertz CT molecular complexity index is 4600. The van der Waals surface area contributed by atoms with Crippen LogP contribution in [0.15, 0.2) is 297 Å². The number of fused-ring (bicyclic) bond motifs is 11. The molecule has 0 aliphatic heterocycles. The van der Waals surface area contributed by atoms with E-state index in [1.807, 2.05) is 0 Å². The SMILES string of the molecule is c1ccc(-c2cc(-c3ccccc3)cc(-n3c4ccc(-c5ccccc5)cc4c4c5nc6c7ccc(N(c8ccccc8)c8ccccc8)cc7c7cc(N(c8ccccc8)c8ccccc8)ccc7c6nc5ccc43)c2)cc1. The molecule has 15 aromatic rings. The van der Waals surface area contributed by atoms with Gasteiger partial charge in [-0.15, -0.1) is 0 Å². The minimum atomic E-state index is 0.836. The number of hydrogen-bond donors (Lipinski definition) is 0. The van der Waals surface area contributed by atoms with Gasteiger partial charge in [0.2, 0.25) is 0 Å². The summed E-state index contributed by atoms with van der Waals surface area (Å²) in [6, 6.07) is 107. The predicted octanol–water partition coefficient (Wildman–Crippen LogP) is 20.1. The lowest BCUT2D eigenvalue weighted by Gasteiger charge is -2.27. The van der Waals surface area contributed by atoms with E-state index >= 15 is 0 Å². The van der Waals surface area contributed by atoms with Crippen LogP contribution in [0, 0.1) is 0 Å². The quantitative estimate of drug-likeness (QED) is 0.101. The van der Waals surface area contributed by atoms with Crippen LogP contribution in [0.2, 0.25) is 0 Å². The number of aromatic nitrogens is 3. The van der Waals surface area contributed by atoms with Crippen LogP contribution in [0.5, 0.6) is 0 Å². The maximum Gasteiger partial charge on any atom is 0.0995 e. The summed E-state index contributed by atoms with van der Waals surface area (Å²) in [6.45, 7) is 0. The Balaban J connectivity index is 1.03. The van der Waals surface area contributed by atoms with E-state index in [-0.39, 0.29) is 0 Å². The topological polar surface area (TPSA) is 37.2 Å². The summed E-state index contributed by atoms with van der Waals surface area (Å²) in [4.78, 5) is 16.3. The number of rotatable bonds is 10. The number of hydrogen-bond acceptors (Lipinski definition) is 4. The van der Waals surface area contributed by atoms with Gasteiger partial charge in [0.15, 0.2) is 0 Å². The number of para-hydroxylation sites is 4. The van der Waals surface area contributed by atoms with Gasteiger partial charge in [0.25, 0.3) is 0 Å². The van der Waals surface area contributed by atoms with E-state index in [0.717, 1.165) is 139 Å². The van der Waals surface area contributed by atoms with Crippen LogP contribution >= 0.6 is 0 Å². The van der Waals surface area contributed by atoms with Crippen molar-refractivity contribution in [3.8, 4) is 39.1 Å². The molecule has 79 heavy (non-hydrogen) atoms. The van der Waals surface area contributed by atoms with Crippen molar-refractivity contribution in [2.45, 2.75) is 0 Å². The Morgan fingerprint density at radius 2 is 0.646 bits per heavy atom. The number of nitrogens with zero attached hydrogens (tertiary/aromatic N) is 5. The van der Waals surface area contributed by atoms with Gasteiger partial charge in [0.1, 0.15) is 0 Å². The van der Waals surface area contributed by atoms with Crippen LogP contribution in [0.25, 0.3) is 104 Å². The summed E-state index contributed by atoms with van der Waals surface area (Å²) in [5.41, 5.74) is 19.9. The lowest BCUT2D eigenvalue weighted by molar-refractivity contribution is 1.18. The van der Waals surface area contributed by atoms with E-state index < -0.39 is 0 Å². The third kappa shape index (κ3) is 8.03. The summed E-state index contributed by atoms with van der Waals surface area (Å²) in [5, 5.41) is 6.41. The molecule has 0 saturated carbocycles. The molecule has 0 aliphatic carbocycles. The molecule has 2 aromatic heterocycles. The van der Waals surface area contributed by atoms with E-state index in [1.165, 1.54) is 0 Å². The molecule has 0 unspecified atom stereocenters. The molecule has 13 aromatic carbocycles. The molecular weight excluding hydrogens is 959 g/mol. The van der Waals surface area contributed by atoms with Crippen molar-refractivity contribution in [3.05, 3.63) is 297 Å². The fourth-order valence-electron chi connectivity index (χ4n) is 11.8. The summed E-state index contributed by atoms with van der Waals surface area (Å²) < 4.78 is 2.43. The highest BCUT2D eigenvalue weighted by Crippen LogP contribution is 2.46. The Morgan fingerprint density at radius 1 is 0.241 bits per heavy atom. The molecule has 5 heteroatoms. The molecule has 370 valence electrons. The van der Waals surface area contributed by atoms with Crippen molar-refractivity contribution < 1.29 is 0 Å². The maximum absolute atomic E-state index is 5.92. The zero-order chi connectivity index (χ0) is 52.2. The first-order valence-corrected chi connectivity index (χ1v) is 26.9. The highest BCUT2D eigenvalue weighted by atomic mass is 15.1. The largest absolute Gasteiger partial charge is 0.310 e. The summed E-state index contributed by atoms with van der Waals surface area (Å²) in [5.74, 6) is 0. The summed E-state index contributed by atoms with van der Waals surface area (Å²) in [6.07, 6.45) is 0. The van der Waals surface area contributed by atoms with E-state index in [9.17, 15) is 0 Å². The molecule has 0 spiro atoms. The molecule has 0 saturated heterocycles. The number of anilines is 6.